The van der Waals surface area contributed by atoms with Gasteiger partial charge in [0, 0.05) is 37.5 Å². The lowest BCUT2D eigenvalue weighted by molar-refractivity contribution is -0.122. The molecular formula is C28H30N4O5S3. The summed E-state index contributed by atoms with van der Waals surface area (Å²) in [6.45, 7) is 5.06. The molecule has 1 amide bonds. The maximum Gasteiger partial charge on any atom is 0.266 e. The normalized spacial score (nSPS) is 21.5. The Morgan fingerprint density at radius 3 is 2.55 bits per heavy atom. The standard InChI is InChI=1S/C28H30N4O5S3/c1-19-16-30(17-20(2)37-19)40(34,35)24-11-7-8-21(14-24)26-22(18-32(29-26)23-9-5-4-6-10-23)15-25-27(33)31(12-13-36-3)28(38)39-25/h4-11,14-15,18-20H,12-13,16-17H2,1-3H3/b25-15-. The summed E-state index contributed by atoms with van der Waals surface area (Å²) in [6, 6.07) is 16.4. The van der Waals surface area contributed by atoms with Gasteiger partial charge in [0.1, 0.15) is 10.0 Å². The van der Waals surface area contributed by atoms with E-state index in [1.807, 2.05) is 56.4 Å². The number of rotatable bonds is 8. The first-order chi connectivity index (χ1) is 19.2. The number of carbonyl (C=O) groups excluding carboxylic acids is 1. The van der Waals surface area contributed by atoms with E-state index in [0.717, 1.165) is 5.69 Å². The molecule has 210 valence electrons. The molecule has 12 heteroatoms. The van der Waals surface area contributed by atoms with Crippen molar-refractivity contribution in [3.05, 3.63) is 71.3 Å². The van der Waals surface area contributed by atoms with E-state index in [9.17, 15) is 13.2 Å². The second-order valence-corrected chi connectivity index (χ2v) is 13.3. The van der Waals surface area contributed by atoms with Crippen molar-refractivity contribution in [3.8, 4) is 16.9 Å². The molecule has 3 aromatic rings. The first-order valence-corrected chi connectivity index (χ1v) is 15.5. The summed E-state index contributed by atoms with van der Waals surface area (Å²) in [5.41, 5.74) is 2.66. The van der Waals surface area contributed by atoms with Crippen LogP contribution in [0.3, 0.4) is 0 Å². The third-order valence-electron chi connectivity index (χ3n) is 6.57. The van der Waals surface area contributed by atoms with Crippen molar-refractivity contribution >= 4 is 50.3 Å². The van der Waals surface area contributed by atoms with E-state index in [-0.39, 0.29) is 36.1 Å². The number of amides is 1. The summed E-state index contributed by atoms with van der Waals surface area (Å²) >= 11 is 6.66. The molecule has 2 fully saturated rings. The maximum atomic E-state index is 13.6. The van der Waals surface area contributed by atoms with Crippen molar-refractivity contribution in [2.24, 2.45) is 0 Å². The lowest BCUT2D eigenvalue weighted by atomic mass is 10.1. The lowest BCUT2D eigenvalue weighted by Gasteiger charge is -2.34. The average Bonchev–Trinajstić information content (AvgIpc) is 3.47. The molecule has 2 atom stereocenters. The molecule has 0 saturated carbocycles. The number of para-hydroxylation sites is 1. The van der Waals surface area contributed by atoms with Gasteiger partial charge in [-0.1, -0.05) is 54.3 Å². The van der Waals surface area contributed by atoms with E-state index < -0.39 is 10.0 Å². The number of thiocarbonyl (C=S) groups is 1. The fourth-order valence-corrected chi connectivity index (χ4v) is 7.66. The number of methoxy groups -OCH3 is 1. The summed E-state index contributed by atoms with van der Waals surface area (Å²) in [6.07, 6.45) is 3.20. The van der Waals surface area contributed by atoms with Gasteiger partial charge in [0.05, 0.1) is 40.8 Å². The number of sulfonamides is 1. The second kappa shape index (κ2) is 11.9. The van der Waals surface area contributed by atoms with Crippen LogP contribution in [0.25, 0.3) is 23.0 Å². The molecule has 2 saturated heterocycles. The summed E-state index contributed by atoms with van der Waals surface area (Å²) in [5.74, 6) is -0.197. The monoisotopic (exact) mass is 598 g/mol. The molecule has 2 aromatic carbocycles. The van der Waals surface area contributed by atoms with Crippen molar-refractivity contribution in [1.82, 2.24) is 19.0 Å². The van der Waals surface area contributed by atoms with Gasteiger partial charge in [-0.3, -0.25) is 9.69 Å². The van der Waals surface area contributed by atoms with Crippen molar-refractivity contribution in [2.45, 2.75) is 31.0 Å². The largest absolute Gasteiger partial charge is 0.383 e. The number of carbonyl (C=O) groups is 1. The SMILES string of the molecule is COCCN1C(=O)/C(=C/c2cn(-c3ccccc3)nc2-c2cccc(S(=O)(=O)N3CC(C)OC(C)C3)c2)SC1=S. The van der Waals surface area contributed by atoms with Crippen molar-refractivity contribution in [2.75, 3.05) is 33.4 Å². The van der Waals surface area contributed by atoms with Crippen LogP contribution in [0.2, 0.25) is 0 Å². The number of ether oxygens (including phenoxy) is 2. The highest BCUT2D eigenvalue weighted by Crippen LogP contribution is 2.35. The summed E-state index contributed by atoms with van der Waals surface area (Å²) < 4.78 is 41.7. The number of morpholine rings is 1. The van der Waals surface area contributed by atoms with Gasteiger partial charge in [-0.25, -0.2) is 13.1 Å². The first kappa shape index (κ1) is 28.7. The second-order valence-electron chi connectivity index (χ2n) is 9.65. The van der Waals surface area contributed by atoms with Gasteiger partial charge in [-0.05, 0) is 44.2 Å². The highest BCUT2D eigenvalue weighted by molar-refractivity contribution is 8.26. The Kier molecular flexibility index (Phi) is 8.55. The van der Waals surface area contributed by atoms with Gasteiger partial charge >= 0.3 is 0 Å². The van der Waals surface area contributed by atoms with Crippen LogP contribution < -0.4 is 0 Å². The highest BCUT2D eigenvalue weighted by Gasteiger charge is 2.34. The number of benzene rings is 2. The van der Waals surface area contributed by atoms with E-state index in [2.05, 4.69) is 0 Å². The van der Waals surface area contributed by atoms with E-state index in [0.29, 0.717) is 39.2 Å². The first-order valence-electron chi connectivity index (χ1n) is 12.8. The Labute approximate surface area is 243 Å². The molecule has 2 aliphatic heterocycles. The van der Waals surface area contributed by atoms with E-state index >= 15 is 0 Å². The topological polar surface area (TPSA) is 94.0 Å². The Morgan fingerprint density at radius 2 is 1.85 bits per heavy atom. The molecule has 1 aromatic heterocycles. The van der Waals surface area contributed by atoms with E-state index in [1.165, 1.54) is 21.0 Å². The Morgan fingerprint density at radius 1 is 1.12 bits per heavy atom. The van der Waals surface area contributed by atoms with Gasteiger partial charge < -0.3 is 9.47 Å². The fraction of sp³-hybridized carbons (Fsp3) is 0.321. The molecule has 0 N–H and O–H groups in total. The number of hydrogen-bond acceptors (Lipinski definition) is 8. The molecular weight excluding hydrogens is 569 g/mol. The Bertz CT molecular complexity index is 1540. The third-order valence-corrected chi connectivity index (χ3v) is 9.78. The molecule has 0 bridgehead atoms. The van der Waals surface area contributed by atoms with E-state index in [4.69, 9.17) is 26.8 Å². The van der Waals surface area contributed by atoms with Gasteiger partial charge in [0.25, 0.3) is 5.91 Å². The quantitative estimate of drug-likeness (QED) is 0.282. The number of hydrogen-bond donors (Lipinski definition) is 0. The summed E-state index contributed by atoms with van der Waals surface area (Å²) in [4.78, 5) is 15.3. The Balaban J connectivity index is 1.56. The maximum absolute atomic E-state index is 13.6. The van der Waals surface area contributed by atoms with Crippen LogP contribution in [-0.4, -0.2) is 83.2 Å². The Hall–Kier alpha value is -2.87. The molecule has 2 unspecified atom stereocenters. The van der Waals surface area contributed by atoms with Crippen molar-refractivity contribution < 1.29 is 22.7 Å². The van der Waals surface area contributed by atoms with Crippen LogP contribution >= 0.6 is 24.0 Å². The van der Waals surface area contributed by atoms with Crippen molar-refractivity contribution in [3.63, 3.8) is 0 Å². The van der Waals surface area contributed by atoms with Crippen LogP contribution in [0.1, 0.15) is 19.4 Å². The van der Waals surface area contributed by atoms with Crippen LogP contribution in [0.15, 0.2) is 70.6 Å². The minimum atomic E-state index is -3.76. The van der Waals surface area contributed by atoms with E-state index in [1.54, 1.807) is 36.1 Å². The minimum absolute atomic E-state index is 0.178. The molecule has 2 aliphatic rings. The van der Waals surface area contributed by atoms with Crippen LogP contribution in [0, 0.1) is 0 Å². The van der Waals surface area contributed by atoms with Gasteiger partial charge in [-0.2, -0.15) is 9.40 Å². The molecule has 9 nitrogen and oxygen atoms in total. The van der Waals surface area contributed by atoms with Crippen LogP contribution in [0.4, 0.5) is 0 Å². The van der Waals surface area contributed by atoms with Gasteiger partial charge in [-0.15, -0.1) is 0 Å². The molecule has 0 spiro atoms. The predicted octanol–water partition coefficient (Wildman–Crippen LogP) is 4.18. The third kappa shape index (κ3) is 5.92. The number of aromatic nitrogens is 2. The number of nitrogens with zero attached hydrogens (tertiary/aromatic N) is 4. The van der Waals surface area contributed by atoms with Gasteiger partial charge in [0.2, 0.25) is 10.0 Å². The zero-order valence-corrected chi connectivity index (χ0v) is 24.8. The fourth-order valence-electron chi connectivity index (χ4n) is 4.73. The summed E-state index contributed by atoms with van der Waals surface area (Å²) in [5, 5.41) is 4.82. The molecule has 40 heavy (non-hydrogen) atoms. The zero-order valence-electron chi connectivity index (χ0n) is 22.4. The minimum Gasteiger partial charge on any atom is -0.383 e. The molecule has 0 radical (unpaired) electrons. The predicted molar refractivity (Wildman–Crippen MR) is 160 cm³/mol. The molecule has 5 rings (SSSR count). The van der Waals surface area contributed by atoms with Crippen LogP contribution in [0.5, 0.6) is 0 Å². The molecule has 3 heterocycles. The lowest BCUT2D eigenvalue weighted by Crippen LogP contribution is -2.48. The summed E-state index contributed by atoms with van der Waals surface area (Å²) in [7, 11) is -2.19. The van der Waals surface area contributed by atoms with Crippen molar-refractivity contribution in [1.29, 1.82) is 0 Å². The number of thioether (sulfide) groups is 1. The average molecular weight is 599 g/mol. The smallest absolute Gasteiger partial charge is 0.266 e. The highest BCUT2D eigenvalue weighted by atomic mass is 32.2. The molecule has 0 aliphatic carbocycles. The van der Waals surface area contributed by atoms with Gasteiger partial charge in [0.15, 0.2) is 0 Å². The zero-order chi connectivity index (χ0) is 28.4. The van der Waals surface area contributed by atoms with Crippen LogP contribution in [-0.2, 0) is 24.3 Å².